The SMILES string of the molecule is O=[P+](O)OC(F)(F)c1ccc(COCCCc2ccccc2)cc1Br. The van der Waals surface area contributed by atoms with Crippen molar-refractivity contribution in [3.05, 3.63) is 69.7 Å². The Morgan fingerprint density at radius 1 is 1.12 bits per heavy atom. The van der Waals surface area contributed by atoms with Gasteiger partial charge in [-0.15, -0.1) is 4.89 Å². The van der Waals surface area contributed by atoms with Crippen LogP contribution >= 0.6 is 24.2 Å². The molecule has 0 fully saturated rings. The average molecular weight is 434 g/mol. The molecule has 134 valence electrons. The van der Waals surface area contributed by atoms with E-state index in [1.54, 1.807) is 0 Å². The van der Waals surface area contributed by atoms with Gasteiger partial charge in [-0.3, -0.25) is 0 Å². The number of halogens is 3. The molecule has 1 unspecified atom stereocenters. The molecular formula is C17H17BrF2O4P+. The molecule has 0 heterocycles. The van der Waals surface area contributed by atoms with Crippen molar-refractivity contribution in [3.8, 4) is 0 Å². The Bertz CT molecular complexity index is 713. The van der Waals surface area contributed by atoms with E-state index in [9.17, 15) is 13.3 Å². The summed E-state index contributed by atoms with van der Waals surface area (Å²) in [6.07, 6.45) is -2.08. The van der Waals surface area contributed by atoms with Crippen LogP contribution in [0.1, 0.15) is 23.1 Å². The van der Waals surface area contributed by atoms with E-state index in [-0.39, 0.29) is 11.1 Å². The second-order valence-corrected chi connectivity index (χ2v) is 6.81. The lowest BCUT2D eigenvalue weighted by atomic mass is 10.1. The summed E-state index contributed by atoms with van der Waals surface area (Å²) in [6.45, 7) is 0.840. The number of alkyl halides is 2. The van der Waals surface area contributed by atoms with Crippen molar-refractivity contribution in [1.29, 1.82) is 0 Å². The van der Waals surface area contributed by atoms with E-state index in [4.69, 9.17) is 9.63 Å². The summed E-state index contributed by atoms with van der Waals surface area (Å²) in [5.74, 6) is 0. The molecule has 0 spiro atoms. The number of aryl methyl sites for hydroxylation is 1. The standard InChI is InChI=1S/C17H16BrF2O4P/c18-16-11-14(8-9-15(16)17(19,20)24-25(21)22)12-23-10-4-7-13-5-2-1-3-6-13/h1-3,5-6,8-9,11H,4,7,10,12H2/p+1. The molecule has 0 saturated carbocycles. The lowest BCUT2D eigenvalue weighted by Crippen LogP contribution is -2.15. The molecule has 1 atom stereocenters. The molecule has 0 aliphatic carbocycles. The summed E-state index contributed by atoms with van der Waals surface area (Å²) >= 11 is 3.03. The van der Waals surface area contributed by atoms with Crippen LogP contribution in [0.3, 0.4) is 0 Å². The van der Waals surface area contributed by atoms with E-state index in [0.29, 0.717) is 12.2 Å². The molecule has 0 amide bonds. The van der Waals surface area contributed by atoms with Gasteiger partial charge in [-0.25, -0.2) is 0 Å². The monoisotopic (exact) mass is 433 g/mol. The van der Waals surface area contributed by atoms with Crippen molar-refractivity contribution < 1.29 is 27.5 Å². The smallest absolute Gasteiger partial charge is 0.377 e. The minimum absolute atomic E-state index is 0.0831. The summed E-state index contributed by atoms with van der Waals surface area (Å²) in [5, 5.41) is 0. The molecule has 8 heteroatoms. The number of hydrogen-bond acceptors (Lipinski definition) is 3. The first-order valence-electron chi connectivity index (χ1n) is 7.52. The van der Waals surface area contributed by atoms with Gasteiger partial charge in [0.15, 0.2) is 0 Å². The van der Waals surface area contributed by atoms with Gasteiger partial charge in [-0.2, -0.15) is 8.78 Å². The van der Waals surface area contributed by atoms with Crippen molar-refractivity contribution in [2.45, 2.75) is 25.6 Å². The fraction of sp³-hybridized carbons (Fsp3) is 0.294. The van der Waals surface area contributed by atoms with E-state index < -0.39 is 19.9 Å². The van der Waals surface area contributed by atoms with E-state index in [0.717, 1.165) is 18.9 Å². The highest BCUT2D eigenvalue weighted by molar-refractivity contribution is 9.10. The molecule has 0 aromatic heterocycles. The maximum atomic E-state index is 13.7. The second kappa shape index (κ2) is 9.46. The molecule has 0 saturated heterocycles. The normalized spacial score (nSPS) is 12.2. The summed E-state index contributed by atoms with van der Waals surface area (Å²) in [5.41, 5.74) is 1.43. The number of benzene rings is 2. The van der Waals surface area contributed by atoms with Crippen LogP contribution in [-0.2, 0) is 33.0 Å². The Labute approximate surface area is 153 Å². The highest BCUT2D eigenvalue weighted by Crippen LogP contribution is 2.40. The Kier molecular flexibility index (Phi) is 7.59. The van der Waals surface area contributed by atoms with Gasteiger partial charge >= 0.3 is 14.4 Å². The summed E-state index contributed by atoms with van der Waals surface area (Å²) in [7, 11) is -3.41. The van der Waals surface area contributed by atoms with Gasteiger partial charge in [0, 0.05) is 15.6 Å². The van der Waals surface area contributed by atoms with E-state index in [1.807, 2.05) is 18.2 Å². The summed E-state index contributed by atoms with van der Waals surface area (Å²) in [4.78, 5) is 8.52. The minimum Gasteiger partial charge on any atom is -0.377 e. The maximum absolute atomic E-state index is 13.7. The van der Waals surface area contributed by atoms with Gasteiger partial charge in [0.2, 0.25) is 0 Å². The van der Waals surface area contributed by atoms with Gasteiger partial charge in [0.05, 0.1) is 12.2 Å². The van der Waals surface area contributed by atoms with E-state index in [2.05, 4.69) is 32.6 Å². The van der Waals surface area contributed by atoms with Crippen molar-refractivity contribution in [2.24, 2.45) is 0 Å². The van der Waals surface area contributed by atoms with Crippen molar-refractivity contribution in [1.82, 2.24) is 0 Å². The molecule has 0 radical (unpaired) electrons. The second-order valence-electron chi connectivity index (χ2n) is 5.30. The maximum Gasteiger partial charge on any atom is 0.701 e. The third-order valence-electron chi connectivity index (χ3n) is 3.41. The summed E-state index contributed by atoms with van der Waals surface area (Å²) < 4.78 is 47.3. The van der Waals surface area contributed by atoms with Crippen LogP contribution < -0.4 is 0 Å². The molecular weight excluding hydrogens is 417 g/mol. The van der Waals surface area contributed by atoms with E-state index >= 15 is 0 Å². The molecule has 0 bridgehead atoms. The fourth-order valence-electron chi connectivity index (χ4n) is 2.24. The Morgan fingerprint density at radius 3 is 2.48 bits per heavy atom. The molecule has 25 heavy (non-hydrogen) atoms. The van der Waals surface area contributed by atoms with Crippen LogP contribution in [0, 0.1) is 0 Å². The first kappa shape index (κ1) is 20.1. The van der Waals surface area contributed by atoms with Crippen LogP contribution in [0.2, 0.25) is 0 Å². The predicted octanol–water partition coefficient (Wildman–Crippen LogP) is 5.31. The molecule has 1 N–H and O–H groups in total. The van der Waals surface area contributed by atoms with Crippen LogP contribution in [-0.4, -0.2) is 11.5 Å². The molecule has 2 aromatic carbocycles. The topological polar surface area (TPSA) is 55.8 Å². The third-order valence-corrected chi connectivity index (χ3v) is 4.45. The Morgan fingerprint density at radius 2 is 1.84 bits per heavy atom. The molecule has 4 nitrogen and oxygen atoms in total. The molecule has 2 rings (SSSR count). The number of hydrogen-bond donors (Lipinski definition) is 1. The van der Waals surface area contributed by atoms with Gasteiger partial charge < -0.3 is 4.74 Å². The average Bonchev–Trinajstić information content (AvgIpc) is 2.54. The molecule has 0 aliphatic heterocycles. The van der Waals surface area contributed by atoms with Crippen LogP contribution in [0.5, 0.6) is 0 Å². The lowest BCUT2D eigenvalue weighted by molar-refractivity contribution is -0.186. The Balaban J connectivity index is 1.83. The van der Waals surface area contributed by atoms with Crippen molar-refractivity contribution in [2.75, 3.05) is 6.61 Å². The quantitative estimate of drug-likeness (QED) is 0.429. The first-order valence-corrected chi connectivity index (χ1v) is 9.44. The van der Waals surface area contributed by atoms with Crippen LogP contribution in [0.15, 0.2) is 53.0 Å². The molecule has 0 aliphatic rings. The van der Waals surface area contributed by atoms with Crippen LogP contribution in [0.25, 0.3) is 0 Å². The number of rotatable bonds is 9. The van der Waals surface area contributed by atoms with Crippen molar-refractivity contribution in [3.63, 3.8) is 0 Å². The fourth-order valence-corrected chi connectivity index (χ4v) is 3.20. The zero-order chi connectivity index (χ0) is 18.3. The van der Waals surface area contributed by atoms with E-state index in [1.165, 1.54) is 17.7 Å². The van der Waals surface area contributed by atoms with Crippen LogP contribution in [0.4, 0.5) is 8.78 Å². The highest BCUT2D eigenvalue weighted by atomic mass is 79.9. The van der Waals surface area contributed by atoms with Gasteiger partial charge in [0.1, 0.15) is 0 Å². The zero-order valence-corrected chi connectivity index (χ0v) is 15.7. The third kappa shape index (κ3) is 6.53. The summed E-state index contributed by atoms with van der Waals surface area (Å²) in [6, 6.07) is 14.1. The predicted molar refractivity (Wildman–Crippen MR) is 93.4 cm³/mol. The largest absolute Gasteiger partial charge is 0.701 e. The molecule has 2 aromatic rings. The van der Waals surface area contributed by atoms with Gasteiger partial charge in [-0.05, 0) is 40.6 Å². The Hall–Kier alpha value is -1.24. The zero-order valence-electron chi connectivity index (χ0n) is 13.2. The first-order chi connectivity index (χ1) is 11.9. The highest BCUT2D eigenvalue weighted by Gasteiger charge is 2.44. The number of ether oxygens (including phenoxy) is 1. The van der Waals surface area contributed by atoms with Gasteiger partial charge in [-0.1, -0.05) is 52.3 Å². The van der Waals surface area contributed by atoms with Crippen molar-refractivity contribution >= 4 is 24.2 Å². The van der Waals surface area contributed by atoms with Gasteiger partial charge in [0.25, 0.3) is 0 Å². The minimum atomic E-state index is -3.85. The lowest BCUT2D eigenvalue weighted by Gasteiger charge is -2.12.